The molecule has 1 heterocycles. The molecule has 0 saturated carbocycles. The van der Waals surface area contributed by atoms with Crippen molar-refractivity contribution in [1.82, 2.24) is 9.71 Å². The third kappa shape index (κ3) is 3.95. The molecule has 0 radical (unpaired) electrons. The number of alkyl halides is 2. The number of nitrogens with two attached hydrogens (primary N) is 1. The molecule has 1 aromatic heterocycles. The van der Waals surface area contributed by atoms with Crippen LogP contribution in [0.4, 0.5) is 13.2 Å². The molecule has 0 aliphatic rings. The molecular formula is C8H10F3N3O2S. The van der Waals surface area contributed by atoms with E-state index in [1.807, 2.05) is 0 Å². The van der Waals surface area contributed by atoms with E-state index in [0.717, 1.165) is 12.4 Å². The second kappa shape index (κ2) is 4.98. The maximum atomic E-state index is 12.7. The number of rotatable bonds is 5. The van der Waals surface area contributed by atoms with E-state index in [-0.39, 0.29) is 0 Å². The van der Waals surface area contributed by atoms with E-state index in [0.29, 0.717) is 6.07 Å². The maximum Gasteiger partial charge on any atom is 0.273 e. The van der Waals surface area contributed by atoms with Gasteiger partial charge in [0.25, 0.3) is 5.92 Å². The van der Waals surface area contributed by atoms with Crippen molar-refractivity contribution in [2.24, 2.45) is 5.73 Å². The molecule has 0 atom stereocenters. The lowest BCUT2D eigenvalue weighted by molar-refractivity contribution is 0.0170. The van der Waals surface area contributed by atoms with Crippen LogP contribution in [0.1, 0.15) is 0 Å². The van der Waals surface area contributed by atoms with Gasteiger partial charge in [-0.3, -0.25) is 4.98 Å². The van der Waals surface area contributed by atoms with Crippen LogP contribution < -0.4 is 10.5 Å². The van der Waals surface area contributed by atoms with Crippen molar-refractivity contribution in [3.63, 3.8) is 0 Å². The van der Waals surface area contributed by atoms with Crippen LogP contribution in [-0.2, 0) is 10.0 Å². The Labute approximate surface area is 95.9 Å². The van der Waals surface area contributed by atoms with E-state index in [1.165, 1.54) is 0 Å². The van der Waals surface area contributed by atoms with Crippen LogP contribution in [0, 0.1) is 5.82 Å². The summed E-state index contributed by atoms with van der Waals surface area (Å²) in [5, 5.41) is 0. The van der Waals surface area contributed by atoms with E-state index >= 15 is 0 Å². The highest BCUT2D eigenvalue weighted by Gasteiger charge is 2.29. The average molecular weight is 269 g/mol. The van der Waals surface area contributed by atoms with Gasteiger partial charge in [-0.15, -0.1) is 0 Å². The van der Waals surface area contributed by atoms with E-state index in [1.54, 1.807) is 4.72 Å². The molecule has 0 amide bonds. The van der Waals surface area contributed by atoms with Crippen molar-refractivity contribution in [1.29, 1.82) is 0 Å². The third-order valence-corrected chi connectivity index (χ3v) is 3.18. The smallest absolute Gasteiger partial charge is 0.273 e. The van der Waals surface area contributed by atoms with Crippen molar-refractivity contribution in [2.75, 3.05) is 13.1 Å². The Morgan fingerprint density at radius 3 is 2.59 bits per heavy atom. The molecule has 0 bridgehead atoms. The molecule has 9 heteroatoms. The second-order valence-electron chi connectivity index (χ2n) is 3.22. The third-order valence-electron chi connectivity index (χ3n) is 1.81. The van der Waals surface area contributed by atoms with Gasteiger partial charge in [-0.25, -0.2) is 26.3 Å². The summed E-state index contributed by atoms with van der Waals surface area (Å²) in [4.78, 5) is 2.79. The number of hydrogen-bond donors (Lipinski definition) is 2. The zero-order chi connectivity index (χ0) is 13.1. The van der Waals surface area contributed by atoms with Crippen LogP contribution in [-0.4, -0.2) is 32.4 Å². The SMILES string of the molecule is NCC(F)(F)CNS(=O)(=O)c1cncc(F)c1. The largest absolute Gasteiger partial charge is 0.325 e. The fourth-order valence-corrected chi connectivity index (χ4v) is 1.93. The van der Waals surface area contributed by atoms with E-state index in [4.69, 9.17) is 5.73 Å². The number of nitrogens with one attached hydrogen (secondary N) is 1. The van der Waals surface area contributed by atoms with Crippen LogP contribution in [0.2, 0.25) is 0 Å². The Morgan fingerprint density at radius 1 is 1.41 bits per heavy atom. The number of sulfonamides is 1. The fraction of sp³-hybridized carbons (Fsp3) is 0.375. The summed E-state index contributed by atoms with van der Waals surface area (Å²) in [5.41, 5.74) is 4.74. The zero-order valence-corrected chi connectivity index (χ0v) is 9.35. The summed E-state index contributed by atoms with van der Waals surface area (Å²) in [6, 6.07) is 0.677. The molecule has 0 aromatic carbocycles. The molecule has 3 N–H and O–H groups in total. The number of halogens is 3. The first-order valence-electron chi connectivity index (χ1n) is 4.45. The Bertz CT molecular complexity index is 493. The van der Waals surface area contributed by atoms with Crippen molar-refractivity contribution in [2.45, 2.75) is 10.8 Å². The predicted octanol–water partition coefficient (Wildman–Crippen LogP) is 0.0930. The first kappa shape index (κ1) is 13.9. The maximum absolute atomic E-state index is 12.7. The number of pyridine rings is 1. The van der Waals surface area contributed by atoms with Gasteiger partial charge in [-0.2, -0.15) is 0 Å². The topological polar surface area (TPSA) is 85.1 Å². The minimum atomic E-state index is -4.21. The van der Waals surface area contributed by atoms with Gasteiger partial charge in [0.1, 0.15) is 10.7 Å². The molecular weight excluding hydrogens is 259 g/mol. The van der Waals surface area contributed by atoms with E-state index < -0.39 is 39.7 Å². The molecule has 0 unspecified atom stereocenters. The fourth-order valence-electron chi connectivity index (χ4n) is 0.895. The van der Waals surface area contributed by atoms with Crippen LogP contribution in [0.25, 0.3) is 0 Å². The molecule has 1 rings (SSSR count). The Hall–Kier alpha value is -1.19. The van der Waals surface area contributed by atoms with E-state index in [9.17, 15) is 21.6 Å². The van der Waals surface area contributed by atoms with Gasteiger partial charge in [0, 0.05) is 6.20 Å². The summed E-state index contributed by atoms with van der Waals surface area (Å²) in [5.74, 6) is -4.23. The molecule has 0 saturated heterocycles. The highest BCUT2D eigenvalue weighted by molar-refractivity contribution is 7.89. The lowest BCUT2D eigenvalue weighted by atomic mass is 10.3. The molecule has 0 aliphatic carbocycles. The first-order valence-corrected chi connectivity index (χ1v) is 5.93. The number of aromatic nitrogens is 1. The van der Waals surface area contributed by atoms with Gasteiger partial charge in [-0.05, 0) is 6.07 Å². The Morgan fingerprint density at radius 2 is 2.06 bits per heavy atom. The van der Waals surface area contributed by atoms with Crippen molar-refractivity contribution < 1.29 is 21.6 Å². The second-order valence-corrected chi connectivity index (χ2v) is 4.99. The van der Waals surface area contributed by atoms with Gasteiger partial charge in [0.15, 0.2) is 0 Å². The predicted molar refractivity (Wildman–Crippen MR) is 53.4 cm³/mol. The van der Waals surface area contributed by atoms with Crippen molar-refractivity contribution in [3.8, 4) is 0 Å². The first-order chi connectivity index (χ1) is 7.77. The minimum Gasteiger partial charge on any atom is -0.325 e. The van der Waals surface area contributed by atoms with E-state index in [2.05, 4.69) is 4.98 Å². The van der Waals surface area contributed by atoms with Crippen LogP contribution in [0.15, 0.2) is 23.4 Å². The Balaban J connectivity index is 2.83. The van der Waals surface area contributed by atoms with Gasteiger partial charge in [0.05, 0.1) is 19.3 Å². The monoisotopic (exact) mass is 269 g/mol. The highest BCUT2D eigenvalue weighted by Crippen LogP contribution is 2.12. The number of nitrogens with zero attached hydrogens (tertiary/aromatic N) is 1. The molecule has 5 nitrogen and oxygen atoms in total. The highest BCUT2D eigenvalue weighted by atomic mass is 32.2. The lowest BCUT2D eigenvalue weighted by Crippen LogP contribution is -2.41. The van der Waals surface area contributed by atoms with Gasteiger partial charge < -0.3 is 5.73 Å². The normalized spacial score (nSPS) is 12.7. The lowest BCUT2D eigenvalue weighted by Gasteiger charge is -2.14. The molecule has 96 valence electrons. The molecule has 1 aromatic rings. The van der Waals surface area contributed by atoms with Gasteiger partial charge >= 0.3 is 0 Å². The summed E-state index contributed by atoms with van der Waals surface area (Å²) >= 11 is 0. The summed E-state index contributed by atoms with van der Waals surface area (Å²) < 4.78 is 62.7. The van der Waals surface area contributed by atoms with Crippen molar-refractivity contribution in [3.05, 3.63) is 24.3 Å². The standard InChI is InChI=1S/C8H10F3N3O2S/c9-6-1-7(3-13-2-6)17(15,16)14-5-8(10,11)4-12/h1-3,14H,4-5,12H2. The molecule has 0 spiro atoms. The van der Waals surface area contributed by atoms with Crippen LogP contribution >= 0.6 is 0 Å². The molecule has 0 fully saturated rings. The summed E-state index contributed by atoms with van der Waals surface area (Å²) in [7, 11) is -4.21. The van der Waals surface area contributed by atoms with Crippen LogP contribution in [0.3, 0.4) is 0 Å². The van der Waals surface area contributed by atoms with Gasteiger partial charge in [0.2, 0.25) is 10.0 Å². The van der Waals surface area contributed by atoms with Crippen LogP contribution in [0.5, 0.6) is 0 Å². The number of hydrogen-bond acceptors (Lipinski definition) is 4. The Kier molecular flexibility index (Phi) is 4.07. The summed E-state index contributed by atoms with van der Waals surface area (Å²) in [6.45, 7) is -2.14. The molecule has 0 aliphatic heterocycles. The quantitative estimate of drug-likeness (QED) is 0.793. The zero-order valence-electron chi connectivity index (χ0n) is 8.53. The summed E-state index contributed by atoms with van der Waals surface area (Å²) in [6.07, 6.45) is 1.65. The molecule has 17 heavy (non-hydrogen) atoms. The van der Waals surface area contributed by atoms with Crippen molar-refractivity contribution >= 4 is 10.0 Å². The minimum absolute atomic E-state index is 0.523. The van der Waals surface area contributed by atoms with Gasteiger partial charge in [-0.1, -0.05) is 0 Å². The average Bonchev–Trinajstić information content (AvgIpc) is 2.27.